The van der Waals surface area contributed by atoms with E-state index in [1.54, 1.807) is 46.1 Å². The number of hydrogen-bond acceptors (Lipinski definition) is 5. The molecule has 6 heteroatoms. The van der Waals surface area contributed by atoms with Gasteiger partial charge in [-0.05, 0) is 41.1 Å². The van der Waals surface area contributed by atoms with Crippen molar-refractivity contribution in [1.29, 1.82) is 0 Å². The summed E-state index contributed by atoms with van der Waals surface area (Å²) < 4.78 is 0. The fourth-order valence-corrected chi connectivity index (χ4v) is 5.23. The number of hydrogen-bond donors (Lipinski definition) is 0. The summed E-state index contributed by atoms with van der Waals surface area (Å²) >= 11 is 5.16. The Morgan fingerprint density at radius 3 is 2.15 bits per heavy atom. The Bertz CT molecular complexity index is 1100. The molecular formula is C20H11NO2S3. The Balaban J connectivity index is 1.73. The predicted octanol–water partition coefficient (Wildman–Crippen LogP) is 6.51. The van der Waals surface area contributed by atoms with Gasteiger partial charge in [0, 0.05) is 37.9 Å². The van der Waals surface area contributed by atoms with E-state index in [4.69, 9.17) is 0 Å². The highest BCUT2D eigenvalue weighted by Gasteiger charge is 2.12. The number of nitro benzene ring substituents is 1. The minimum absolute atomic E-state index is 0.0744. The van der Waals surface area contributed by atoms with E-state index in [9.17, 15) is 10.1 Å². The molecule has 0 aliphatic heterocycles. The molecule has 4 rings (SSSR count). The van der Waals surface area contributed by atoms with Crippen LogP contribution in [0, 0.1) is 22.0 Å². The molecule has 0 N–H and O–H groups in total. The number of nitro groups is 1. The van der Waals surface area contributed by atoms with E-state index in [1.165, 1.54) is 26.8 Å². The van der Waals surface area contributed by atoms with Gasteiger partial charge in [-0.2, -0.15) is 0 Å². The molecule has 0 aliphatic rings. The van der Waals surface area contributed by atoms with E-state index in [1.807, 2.05) is 12.1 Å². The van der Waals surface area contributed by atoms with Crippen LogP contribution in [0.15, 0.2) is 65.4 Å². The highest BCUT2D eigenvalue weighted by Crippen LogP contribution is 2.41. The third kappa shape index (κ3) is 3.46. The smallest absolute Gasteiger partial charge is 0.258 e. The second-order valence-corrected chi connectivity index (χ2v) is 8.31. The number of non-ortho nitro benzene ring substituents is 1. The van der Waals surface area contributed by atoms with Gasteiger partial charge in [0.2, 0.25) is 0 Å². The van der Waals surface area contributed by atoms with Gasteiger partial charge in [0.25, 0.3) is 5.69 Å². The molecule has 3 heterocycles. The van der Waals surface area contributed by atoms with Gasteiger partial charge < -0.3 is 0 Å². The summed E-state index contributed by atoms with van der Waals surface area (Å²) in [7, 11) is 0. The number of benzene rings is 1. The lowest BCUT2D eigenvalue weighted by Crippen LogP contribution is -1.86. The largest absolute Gasteiger partial charge is 0.269 e. The van der Waals surface area contributed by atoms with Crippen molar-refractivity contribution in [3.05, 3.63) is 86.6 Å². The molecule has 3 aromatic heterocycles. The maximum atomic E-state index is 10.8. The first kappa shape index (κ1) is 16.7. The SMILES string of the molecule is O=[N+]([O-])c1ccc(C#Cc2cc(-c3cccs3)sc2-c2cccs2)cc1. The highest BCUT2D eigenvalue weighted by molar-refractivity contribution is 7.26. The van der Waals surface area contributed by atoms with Gasteiger partial charge in [-0.3, -0.25) is 10.1 Å². The van der Waals surface area contributed by atoms with Crippen molar-refractivity contribution in [2.45, 2.75) is 0 Å². The molecule has 1 aromatic carbocycles. The quantitative estimate of drug-likeness (QED) is 0.226. The zero-order chi connectivity index (χ0) is 17.9. The van der Waals surface area contributed by atoms with Crippen molar-refractivity contribution in [3.63, 3.8) is 0 Å². The molecule has 0 aliphatic carbocycles. The van der Waals surface area contributed by atoms with Crippen LogP contribution in [0.1, 0.15) is 11.1 Å². The van der Waals surface area contributed by atoms with Gasteiger partial charge in [0.05, 0.1) is 9.80 Å². The van der Waals surface area contributed by atoms with Crippen LogP contribution in [0.4, 0.5) is 5.69 Å². The Labute approximate surface area is 162 Å². The fourth-order valence-electron chi connectivity index (χ4n) is 2.42. The molecule has 0 amide bonds. The molecule has 0 bridgehead atoms. The highest BCUT2D eigenvalue weighted by atomic mass is 32.1. The van der Waals surface area contributed by atoms with Gasteiger partial charge >= 0.3 is 0 Å². The molecule has 0 radical (unpaired) electrons. The molecule has 0 spiro atoms. The van der Waals surface area contributed by atoms with Crippen LogP contribution >= 0.6 is 34.0 Å². The standard InChI is InChI=1S/C20H11NO2S3/c22-21(23)16-9-6-14(7-10-16)5-8-15-13-19(17-3-1-11-24-17)26-20(15)18-4-2-12-25-18/h1-4,6-7,9-13H. The minimum Gasteiger partial charge on any atom is -0.258 e. The molecule has 4 aromatic rings. The Morgan fingerprint density at radius 1 is 0.846 bits per heavy atom. The van der Waals surface area contributed by atoms with Crippen LogP contribution in [0.5, 0.6) is 0 Å². The summed E-state index contributed by atoms with van der Waals surface area (Å²) in [5, 5.41) is 14.9. The maximum absolute atomic E-state index is 10.8. The average molecular weight is 394 g/mol. The van der Waals surface area contributed by atoms with Crippen LogP contribution < -0.4 is 0 Å². The normalized spacial score (nSPS) is 10.3. The van der Waals surface area contributed by atoms with Crippen LogP contribution in [0.2, 0.25) is 0 Å². The Hall–Kier alpha value is -2.72. The summed E-state index contributed by atoms with van der Waals surface area (Å²) in [4.78, 5) is 15.2. The Morgan fingerprint density at radius 2 is 1.54 bits per heavy atom. The molecule has 0 unspecified atom stereocenters. The zero-order valence-electron chi connectivity index (χ0n) is 13.3. The predicted molar refractivity (Wildman–Crippen MR) is 110 cm³/mol. The van der Waals surface area contributed by atoms with Gasteiger partial charge in [-0.15, -0.1) is 34.0 Å². The van der Waals surface area contributed by atoms with Crippen molar-refractivity contribution < 1.29 is 4.92 Å². The summed E-state index contributed by atoms with van der Waals surface area (Å²) in [5.41, 5.74) is 1.82. The van der Waals surface area contributed by atoms with E-state index in [-0.39, 0.29) is 5.69 Å². The van der Waals surface area contributed by atoms with E-state index >= 15 is 0 Å². The van der Waals surface area contributed by atoms with Gasteiger partial charge in [-0.25, -0.2) is 0 Å². The third-order valence-electron chi connectivity index (χ3n) is 3.66. The van der Waals surface area contributed by atoms with Crippen molar-refractivity contribution in [1.82, 2.24) is 0 Å². The summed E-state index contributed by atoms with van der Waals surface area (Å²) in [6.45, 7) is 0. The summed E-state index contributed by atoms with van der Waals surface area (Å²) in [5.74, 6) is 6.38. The van der Waals surface area contributed by atoms with Crippen molar-refractivity contribution in [3.8, 4) is 31.3 Å². The molecule has 0 saturated carbocycles. The second-order valence-electron chi connectivity index (χ2n) is 5.36. The molecule has 126 valence electrons. The first-order chi connectivity index (χ1) is 12.7. The molecular weight excluding hydrogens is 382 g/mol. The van der Waals surface area contributed by atoms with Gasteiger partial charge in [0.15, 0.2) is 0 Å². The van der Waals surface area contributed by atoms with Gasteiger partial charge in [-0.1, -0.05) is 24.0 Å². The molecule has 26 heavy (non-hydrogen) atoms. The first-order valence-corrected chi connectivity index (χ1v) is 10.3. The summed E-state index contributed by atoms with van der Waals surface area (Å²) in [6, 6.07) is 16.8. The first-order valence-electron chi connectivity index (χ1n) is 7.69. The average Bonchev–Trinajstić information content (AvgIpc) is 3.40. The molecule has 0 saturated heterocycles. The minimum atomic E-state index is -0.404. The van der Waals surface area contributed by atoms with Crippen LogP contribution in [0.3, 0.4) is 0 Å². The zero-order valence-corrected chi connectivity index (χ0v) is 15.8. The topological polar surface area (TPSA) is 43.1 Å². The van der Waals surface area contributed by atoms with Crippen LogP contribution in [-0.2, 0) is 0 Å². The van der Waals surface area contributed by atoms with E-state index in [0.717, 1.165) is 16.0 Å². The number of thiophene rings is 3. The van der Waals surface area contributed by atoms with E-state index < -0.39 is 4.92 Å². The number of rotatable bonds is 3. The van der Waals surface area contributed by atoms with Crippen LogP contribution in [-0.4, -0.2) is 4.92 Å². The Kier molecular flexibility index (Phi) is 4.67. The van der Waals surface area contributed by atoms with E-state index in [2.05, 4.69) is 40.8 Å². The van der Waals surface area contributed by atoms with Crippen molar-refractivity contribution in [2.75, 3.05) is 0 Å². The van der Waals surface area contributed by atoms with Crippen molar-refractivity contribution >= 4 is 39.7 Å². The lowest BCUT2D eigenvalue weighted by atomic mass is 10.1. The molecule has 0 fully saturated rings. The van der Waals surface area contributed by atoms with Crippen LogP contribution in [0.25, 0.3) is 19.5 Å². The maximum Gasteiger partial charge on any atom is 0.269 e. The number of nitrogens with zero attached hydrogens (tertiary/aromatic N) is 1. The van der Waals surface area contributed by atoms with Crippen molar-refractivity contribution in [2.24, 2.45) is 0 Å². The monoisotopic (exact) mass is 393 g/mol. The van der Waals surface area contributed by atoms with Gasteiger partial charge in [0.1, 0.15) is 0 Å². The lowest BCUT2D eigenvalue weighted by Gasteiger charge is -1.93. The van der Waals surface area contributed by atoms with E-state index in [0.29, 0.717) is 0 Å². The second kappa shape index (κ2) is 7.26. The lowest BCUT2D eigenvalue weighted by molar-refractivity contribution is -0.384. The third-order valence-corrected chi connectivity index (χ3v) is 6.91. The molecule has 3 nitrogen and oxygen atoms in total. The fraction of sp³-hybridized carbons (Fsp3) is 0. The summed E-state index contributed by atoms with van der Waals surface area (Å²) in [6.07, 6.45) is 0. The molecule has 0 atom stereocenters.